The Labute approximate surface area is 90.2 Å². The molecule has 5 heteroatoms. The van der Waals surface area contributed by atoms with Crippen molar-refractivity contribution in [2.24, 2.45) is 11.5 Å². The average molecular weight is 228 g/mol. The Balaban J connectivity index is 2.82. The summed E-state index contributed by atoms with van der Waals surface area (Å²) in [6, 6.07) is 6.75. The quantitative estimate of drug-likeness (QED) is 0.730. The van der Waals surface area contributed by atoms with Crippen molar-refractivity contribution in [2.45, 2.75) is 24.4 Å². The summed E-state index contributed by atoms with van der Waals surface area (Å²) >= 11 is 0. The Hall–Kier alpha value is -0.910. The van der Waals surface area contributed by atoms with Gasteiger partial charge in [0.15, 0.2) is 9.84 Å². The van der Waals surface area contributed by atoms with Gasteiger partial charge in [-0.3, -0.25) is 0 Å². The fourth-order valence-electron chi connectivity index (χ4n) is 1.15. The largest absolute Gasteiger partial charge is 0.316 e. The van der Waals surface area contributed by atoms with E-state index in [0.29, 0.717) is 4.90 Å². The van der Waals surface area contributed by atoms with E-state index < -0.39 is 16.0 Å². The second kappa shape index (κ2) is 4.74. The Kier molecular flexibility index (Phi) is 3.84. The third-order valence-corrected chi connectivity index (χ3v) is 3.86. The van der Waals surface area contributed by atoms with Gasteiger partial charge in [-0.2, -0.15) is 0 Å². The van der Waals surface area contributed by atoms with Gasteiger partial charge in [-0.15, -0.1) is 0 Å². The van der Waals surface area contributed by atoms with Crippen LogP contribution in [0.3, 0.4) is 0 Å². The van der Waals surface area contributed by atoms with Crippen LogP contribution in [0.5, 0.6) is 0 Å². The molecule has 1 aromatic carbocycles. The van der Waals surface area contributed by atoms with Gasteiger partial charge in [-0.1, -0.05) is 17.7 Å². The highest BCUT2D eigenvalue weighted by Gasteiger charge is 2.14. The zero-order valence-electron chi connectivity index (χ0n) is 8.68. The molecule has 0 fully saturated rings. The fraction of sp³-hybridized carbons (Fsp3) is 0.400. The zero-order valence-corrected chi connectivity index (χ0v) is 9.50. The summed E-state index contributed by atoms with van der Waals surface area (Å²) in [5.74, 6) is -0.00622. The number of sulfone groups is 1. The van der Waals surface area contributed by atoms with Crippen LogP contribution in [0, 0.1) is 6.92 Å². The van der Waals surface area contributed by atoms with Crippen molar-refractivity contribution in [1.82, 2.24) is 0 Å². The first-order chi connectivity index (χ1) is 6.92. The van der Waals surface area contributed by atoms with Gasteiger partial charge in [-0.25, -0.2) is 8.42 Å². The molecule has 0 saturated carbocycles. The summed E-state index contributed by atoms with van der Waals surface area (Å²) in [4.78, 5) is 0.328. The van der Waals surface area contributed by atoms with Gasteiger partial charge in [0.25, 0.3) is 0 Å². The topological polar surface area (TPSA) is 86.2 Å². The lowest BCUT2D eigenvalue weighted by Crippen LogP contribution is -2.32. The zero-order chi connectivity index (χ0) is 11.5. The Bertz CT molecular complexity index is 410. The molecular weight excluding hydrogens is 212 g/mol. The Morgan fingerprint density at radius 3 is 2.20 bits per heavy atom. The molecule has 15 heavy (non-hydrogen) atoms. The van der Waals surface area contributed by atoms with E-state index in [1.165, 1.54) is 0 Å². The van der Waals surface area contributed by atoms with Crippen molar-refractivity contribution in [2.75, 3.05) is 5.75 Å². The Morgan fingerprint density at radius 2 is 1.73 bits per heavy atom. The van der Waals surface area contributed by atoms with Crippen molar-refractivity contribution in [3.8, 4) is 0 Å². The first kappa shape index (κ1) is 12.2. The summed E-state index contributed by atoms with van der Waals surface area (Å²) in [6.07, 6.45) is -0.304. The van der Waals surface area contributed by atoms with E-state index in [4.69, 9.17) is 11.5 Å². The third-order valence-electron chi connectivity index (χ3n) is 2.10. The number of aryl methyl sites for hydroxylation is 1. The van der Waals surface area contributed by atoms with Crippen LogP contribution in [0.15, 0.2) is 29.2 Å². The lowest BCUT2D eigenvalue weighted by atomic mass is 10.2. The molecule has 0 amide bonds. The number of nitrogens with two attached hydrogens (primary N) is 2. The monoisotopic (exact) mass is 228 g/mol. The molecule has 0 aliphatic rings. The SMILES string of the molecule is Cc1ccc(S(=O)(=O)CCC(N)N)cc1. The van der Waals surface area contributed by atoms with Crippen LogP contribution in [0.4, 0.5) is 0 Å². The smallest absolute Gasteiger partial charge is 0.178 e. The summed E-state index contributed by atoms with van der Waals surface area (Å²) in [5.41, 5.74) is 11.7. The van der Waals surface area contributed by atoms with Crippen molar-refractivity contribution < 1.29 is 8.42 Å². The maximum atomic E-state index is 11.7. The summed E-state index contributed by atoms with van der Waals surface area (Å²) in [6.45, 7) is 1.91. The van der Waals surface area contributed by atoms with E-state index in [1.54, 1.807) is 24.3 Å². The molecule has 0 unspecified atom stereocenters. The second-order valence-electron chi connectivity index (χ2n) is 3.58. The van der Waals surface area contributed by atoms with Crippen LogP contribution in [0.1, 0.15) is 12.0 Å². The summed E-state index contributed by atoms with van der Waals surface area (Å²) < 4.78 is 23.5. The van der Waals surface area contributed by atoms with Crippen LogP contribution < -0.4 is 11.5 Å². The van der Waals surface area contributed by atoms with Crippen LogP contribution in [-0.2, 0) is 9.84 Å². The second-order valence-corrected chi connectivity index (χ2v) is 5.69. The molecule has 0 radical (unpaired) electrons. The minimum atomic E-state index is -3.23. The molecule has 1 rings (SSSR count). The highest BCUT2D eigenvalue weighted by Crippen LogP contribution is 2.12. The minimum absolute atomic E-state index is 0.00622. The minimum Gasteiger partial charge on any atom is -0.316 e. The first-order valence-electron chi connectivity index (χ1n) is 4.72. The lowest BCUT2D eigenvalue weighted by molar-refractivity contribution is 0.585. The van der Waals surface area contributed by atoms with Gasteiger partial charge in [0.1, 0.15) is 0 Å². The van der Waals surface area contributed by atoms with Gasteiger partial charge in [0, 0.05) is 0 Å². The predicted molar refractivity (Wildman–Crippen MR) is 60.0 cm³/mol. The van der Waals surface area contributed by atoms with Crippen LogP contribution in [0.25, 0.3) is 0 Å². The van der Waals surface area contributed by atoms with Crippen molar-refractivity contribution in [3.05, 3.63) is 29.8 Å². The third kappa shape index (κ3) is 3.62. The maximum absolute atomic E-state index is 11.7. The summed E-state index contributed by atoms with van der Waals surface area (Å²) in [5, 5.41) is 0. The fourth-order valence-corrected chi connectivity index (χ4v) is 2.52. The number of hydrogen-bond donors (Lipinski definition) is 2. The van der Waals surface area contributed by atoms with Crippen LogP contribution >= 0.6 is 0 Å². The maximum Gasteiger partial charge on any atom is 0.178 e. The van der Waals surface area contributed by atoms with E-state index in [2.05, 4.69) is 0 Å². The predicted octanol–water partition coefficient (Wildman–Crippen LogP) is 0.402. The molecule has 1 aromatic rings. The normalized spacial score (nSPS) is 12.0. The van der Waals surface area contributed by atoms with Crippen molar-refractivity contribution in [3.63, 3.8) is 0 Å². The van der Waals surface area contributed by atoms with Crippen LogP contribution in [0.2, 0.25) is 0 Å². The van der Waals surface area contributed by atoms with E-state index in [-0.39, 0.29) is 12.2 Å². The molecule has 0 aliphatic heterocycles. The van der Waals surface area contributed by atoms with Gasteiger partial charge in [-0.05, 0) is 25.5 Å². The Morgan fingerprint density at radius 1 is 1.20 bits per heavy atom. The highest BCUT2D eigenvalue weighted by molar-refractivity contribution is 7.91. The number of hydrogen-bond acceptors (Lipinski definition) is 4. The molecule has 4 N–H and O–H groups in total. The number of benzene rings is 1. The van der Waals surface area contributed by atoms with E-state index in [1.807, 2.05) is 6.92 Å². The molecule has 0 atom stereocenters. The molecule has 0 bridgehead atoms. The van der Waals surface area contributed by atoms with Gasteiger partial charge in [0.05, 0.1) is 16.8 Å². The van der Waals surface area contributed by atoms with Gasteiger partial charge >= 0.3 is 0 Å². The van der Waals surface area contributed by atoms with Crippen molar-refractivity contribution >= 4 is 9.84 Å². The first-order valence-corrected chi connectivity index (χ1v) is 6.37. The molecule has 0 aliphatic carbocycles. The molecule has 84 valence electrons. The van der Waals surface area contributed by atoms with E-state index >= 15 is 0 Å². The van der Waals surface area contributed by atoms with Crippen LogP contribution in [-0.4, -0.2) is 20.3 Å². The van der Waals surface area contributed by atoms with E-state index in [0.717, 1.165) is 5.56 Å². The standard InChI is InChI=1S/C10H16N2O2S/c1-8-2-4-9(5-3-8)15(13,14)7-6-10(11)12/h2-5,10H,6-7,11-12H2,1H3. The molecule has 0 aromatic heterocycles. The molecule has 0 saturated heterocycles. The molecule has 0 heterocycles. The lowest BCUT2D eigenvalue weighted by Gasteiger charge is -2.06. The average Bonchev–Trinajstić information content (AvgIpc) is 2.16. The van der Waals surface area contributed by atoms with Crippen molar-refractivity contribution in [1.29, 1.82) is 0 Å². The summed E-state index contributed by atoms with van der Waals surface area (Å²) in [7, 11) is -3.23. The van der Waals surface area contributed by atoms with Gasteiger partial charge < -0.3 is 11.5 Å². The molecule has 0 spiro atoms. The molecule has 4 nitrogen and oxygen atoms in total. The van der Waals surface area contributed by atoms with Gasteiger partial charge in [0.2, 0.25) is 0 Å². The number of rotatable bonds is 4. The highest BCUT2D eigenvalue weighted by atomic mass is 32.2. The van der Waals surface area contributed by atoms with E-state index in [9.17, 15) is 8.42 Å². The molecular formula is C10H16N2O2S.